The first-order valence-electron chi connectivity index (χ1n) is 7.71. The number of rotatable bonds is 8. The van der Waals surface area contributed by atoms with Crippen molar-refractivity contribution in [2.45, 2.75) is 59.9 Å². The highest BCUT2D eigenvalue weighted by Gasteiger charge is 2.27. The van der Waals surface area contributed by atoms with E-state index in [-0.39, 0.29) is 0 Å². The Morgan fingerprint density at radius 2 is 1.68 bits per heavy atom. The second kappa shape index (κ2) is 7.69. The molecular weight excluding hydrogens is 230 g/mol. The van der Waals surface area contributed by atoms with Crippen LogP contribution < -0.4 is 5.32 Å². The Bertz CT molecular complexity index is 342. The Hall–Kier alpha value is -0.820. The molecule has 0 spiro atoms. The highest BCUT2D eigenvalue weighted by molar-refractivity contribution is 5.14. The number of hydrogen-bond donors (Lipinski definition) is 1. The van der Waals surface area contributed by atoms with Crippen LogP contribution in [0.2, 0.25) is 0 Å². The molecule has 1 nitrogen and oxygen atoms in total. The van der Waals surface area contributed by atoms with Crippen molar-refractivity contribution < 1.29 is 0 Å². The van der Waals surface area contributed by atoms with Crippen molar-refractivity contribution >= 4 is 0 Å². The van der Waals surface area contributed by atoms with Crippen LogP contribution in [0.15, 0.2) is 30.3 Å². The van der Waals surface area contributed by atoms with Gasteiger partial charge in [-0.2, -0.15) is 0 Å². The second-order valence-electron chi connectivity index (χ2n) is 6.68. The van der Waals surface area contributed by atoms with Crippen LogP contribution in [0.3, 0.4) is 0 Å². The van der Waals surface area contributed by atoms with Crippen molar-refractivity contribution in [2.75, 3.05) is 6.54 Å². The second-order valence-corrected chi connectivity index (χ2v) is 6.68. The molecule has 1 aromatic carbocycles. The predicted octanol–water partition coefficient (Wildman–Crippen LogP) is 4.67. The van der Waals surface area contributed by atoms with E-state index in [0.29, 0.717) is 11.5 Å². The van der Waals surface area contributed by atoms with E-state index < -0.39 is 0 Å². The Morgan fingerprint density at radius 3 is 2.21 bits per heavy atom. The van der Waals surface area contributed by atoms with Gasteiger partial charge in [-0.05, 0) is 36.2 Å². The molecule has 0 heterocycles. The van der Waals surface area contributed by atoms with Gasteiger partial charge < -0.3 is 5.32 Å². The van der Waals surface area contributed by atoms with E-state index in [2.05, 4.69) is 70.3 Å². The topological polar surface area (TPSA) is 12.0 Å². The van der Waals surface area contributed by atoms with Crippen LogP contribution in [0.25, 0.3) is 0 Å². The van der Waals surface area contributed by atoms with Crippen LogP contribution in [-0.4, -0.2) is 12.6 Å². The van der Waals surface area contributed by atoms with Gasteiger partial charge in [-0.1, -0.05) is 65.0 Å². The van der Waals surface area contributed by atoms with Gasteiger partial charge in [0.05, 0.1) is 0 Å². The first kappa shape index (κ1) is 16.2. The molecule has 108 valence electrons. The molecule has 1 aromatic rings. The van der Waals surface area contributed by atoms with Crippen molar-refractivity contribution in [3.63, 3.8) is 0 Å². The van der Waals surface area contributed by atoms with E-state index in [0.717, 1.165) is 12.5 Å². The van der Waals surface area contributed by atoms with Gasteiger partial charge in [0.15, 0.2) is 0 Å². The fourth-order valence-electron chi connectivity index (χ4n) is 2.36. The van der Waals surface area contributed by atoms with Crippen LogP contribution in [0.1, 0.15) is 53.0 Å². The third-order valence-corrected chi connectivity index (χ3v) is 4.36. The Labute approximate surface area is 119 Å². The number of benzene rings is 1. The molecule has 0 aromatic heterocycles. The molecule has 0 aliphatic heterocycles. The summed E-state index contributed by atoms with van der Waals surface area (Å²) < 4.78 is 0. The summed E-state index contributed by atoms with van der Waals surface area (Å²) in [4.78, 5) is 0. The maximum absolute atomic E-state index is 3.62. The van der Waals surface area contributed by atoms with Gasteiger partial charge in [-0.15, -0.1) is 0 Å². The number of hydrogen-bond acceptors (Lipinski definition) is 1. The molecule has 1 rings (SSSR count). The minimum absolute atomic E-state index is 0.402. The maximum atomic E-state index is 3.62. The summed E-state index contributed by atoms with van der Waals surface area (Å²) in [6.07, 6.45) is 3.77. The summed E-state index contributed by atoms with van der Waals surface area (Å²) in [5.74, 6) is 0.717. The summed E-state index contributed by atoms with van der Waals surface area (Å²) in [6, 6.07) is 11.4. The maximum Gasteiger partial charge on any atom is 0.00106 e. The van der Waals surface area contributed by atoms with Crippen molar-refractivity contribution in [3.05, 3.63) is 35.9 Å². The third kappa shape index (κ3) is 5.78. The molecule has 0 bridgehead atoms. The highest BCUT2D eigenvalue weighted by Crippen LogP contribution is 2.32. The van der Waals surface area contributed by atoms with Crippen LogP contribution in [0.4, 0.5) is 0 Å². The minimum Gasteiger partial charge on any atom is -0.314 e. The van der Waals surface area contributed by atoms with Gasteiger partial charge in [0.1, 0.15) is 0 Å². The van der Waals surface area contributed by atoms with Gasteiger partial charge in [0, 0.05) is 12.6 Å². The Kier molecular flexibility index (Phi) is 6.57. The van der Waals surface area contributed by atoms with Crippen LogP contribution in [0.5, 0.6) is 0 Å². The molecule has 19 heavy (non-hydrogen) atoms. The van der Waals surface area contributed by atoms with Crippen LogP contribution in [-0.2, 0) is 6.42 Å². The molecule has 1 atom stereocenters. The van der Waals surface area contributed by atoms with Gasteiger partial charge in [0.2, 0.25) is 0 Å². The highest BCUT2D eigenvalue weighted by atomic mass is 14.9. The van der Waals surface area contributed by atoms with Gasteiger partial charge in [0.25, 0.3) is 0 Å². The zero-order chi connectivity index (χ0) is 14.3. The summed E-state index contributed by atoms with van der Waals surface area (Å²) in [6.45, 7) is 12.7. The van der Waals surface area contributed by atoms with E-state index in [9.17, 15) is 0 Å². The summed E-state index contributed by atoms with van der Waals surface area (Å²) >= 11 is 0. The molecule has 0 aliphatic carbocycles. The van der Waals surface area contributed by atoms with E-state index in [4.69, 9.17) is 0 Å². The van der Waals surface area contributed by atoms with Crippen molar-refractivity contribution in [2.24, 2.45) is 11.3 Å². The zero-order valence-electron chi connectivity index (χ0n) is 13.4. The first-order valence-corrected chi connectivity index (χ1v) is 7.71. The lowest BCUT2D eigenvalue weighted by molar-refractivity contribution is 0.182. The van der Waals surface area contributed by atoms with E-state index in [1.807, 2.05) is 0 Å². The molecule has 0 fully saturated rings. The quantitative estimate of drug-likeness (QED) is 0.717. The van der Waals surface area contributed by atoms with E-state index >= 15 is 0 Å². The fraction of sp³-hybridized carbons (Fsp3) is 0.667. The third-order valence-electron chi connectivity index (χ3n) is 4.36. The largest absolute Gasteiger partial charge is 0.314 e. The number of nitrogens with one attached hydrogen (secondary N) is 1. The molecule has 0 saturated carbocycles. The van der Waals surface area contributed by atoms with Crippen molar-refractivity contribution in [1.29, 1.82) is 0 Å². The first-order chi connectivity index (χ1) is 8.94. The molecule has 1 N–H and O–H groups in total. The average Bonchev–Trinajstić information content (AvgIpc) is 2.37. The predicted molar refractivity (Wildman–Crippen MR) is 85.5 cm³/mol. The molecule has 0 radical (unpaired) electrons. The molecule has 0 saturated heterocycles. The van der Waals surface area contributed by atoms with E-state index in [1.165, 1.54) is 24.8 Å². The summed E-state index contributed by atoms with van der Waals surface area (Å²) in [5.41, 5.74) is 1.87. The average molecular weight is 261 g/mol. The molecule has 0 amide bonds. The lowest BCUT2D eigenvalue weighted by Crippen LogP contribution is -2.39. The van der Waals surface area contributed by atoms with Crippen LogP contribution in [0, 0.1) is 11.3 Å². The lowest BCUT2D eigenvalue weighted by atomic mass is 9.74. The zero-order valence-corrected chi connectivity index (χ0v) is 13.4. The normalized spacial score (nSPS) is 14.9. The van der Waals surface area contributed by atoms with Gasteiger partial charge in [-0.25, -0.2) is 0 Å². The van der Waals surface area contributed by atoms with Crippen molar-refractivity contribution in [1.82, 2.24) is 5.32 Å². The van der Waals surface area contributed by atoms with Crippen molar-refractivity contribution in [3.8, 4) is 0 Å². The lowest BCUT2D eigenvalue weighted by Gasteiger charge is -2.35. The monoisotopic (exact) mass is 261 g/mol. The summed E-state index contributed by atoms with van der Waals surface area (Å²) in [7, 11) is 0. The van der Waals surface area contributed by atoms with Gasteiger partial charge >= 0.3 is 0 Å². The van der Waals surface area contributed by atoms with Gasteiger partial charge in [-0.3, -0.25) is 0 Å². The van der Waals surface area contributed by atoms with E-state index in [1.54, 1.807) is 0 Å². The van der Waals surface area contributed by atoms with Crippen LogP contribution >= 0.6 is 0 Å². The Balaban J connectivity index is 2.45. The molecule has 1 heteroatoms. The summed E-state index contributed by atoms with van der Waals surface area (Å²) in [5, 5.41) is 3.62. The molecule has 1 unspecified atom stereocenters. The fourth-order valence-corrected chi connectivity index (χ4v) is 2.36. The minimum atomic E-state index is 0.402. The Morgan fingerprint density at radius 1 is 1.05 bits per heavy atom. The standard InChI is InChI=1S/C18H31N/c1-15(2)18(5,14-19-16(3)4)13-9-12-17-10-7-6-8-11-17/h6-8,10-11,15-16,19H,9,12-14H2,1-5H3. The molecule has 0 aliphatic rings. The smallest absolute Gasteiger partial charge is 0.00106 e. The number of aryl methyl sites for hydroxylation is 1. The molecular formula is C18H31N. The SMILES string of the molecule is CC(C)NCC(C)(CCCc1ccccc1)C(C)C.